The Kier molecular flexibility index (Phi) is 8.11. The number of rotatable bonds is 9. The smallest absolute Gasteiger partial charge is 0.222 e. The van der Waals surface area contributed by atoms with Crippen LogP contribution >= 0.6 is 0 Å². The summed E-state index contributed by atoms with van der Waals surface area (Å²) in [6.07, 6.45) is 4.12. The maximum absolute atomic E-state index is 12.4. The topological polar surface area (TPSA) is 58.6 Å². The molecule has 1 N–H and O–H groups in total. The summed E-state index contributed by atoms with van der Waals surface area (Å²) in [5, 5.41) is 3.10. The van der Waals surface area contributed by atoms with Gasteiger partial charge in [-0.1, -0.05) is 48.5 Å². The molecule has 2 aromatic rings. The predicted molar refractivity (Wildman–Crippen MR) is 114 cm³/mol. The molecule has 1 aliphatic heterocycles. The summed E-state index contributed by atoms with van der Waals surface area (Å²) >= 11 is 0. The van der Waals surface area contributed by atoms with Crippen LogP contribution in [0, 0.1) is 0 Å². The van der Waals surface area contributed by atoms with E-state index in [1.54, 1.807) is 0 Å². The molecule has 154 valence electrons. The van der Waals surface area contributed by atoms with Gasteiger partial charge in [0.1, 0.15) is 5.75 Å². The van der Waals surface area contributed by atoms with Gasteiger partial charge >= 0.3 is 0 Å². The first kappa shape index (κ1) is 20.9. The molecule has 0 spiro atoms. The summed E-state index contributed by atoms with van der Waals surface area (Å²) in [7, 11) is 0. The van der Waals surface area contributed by atoms with Crippen LogP contribution in [-0.4, -0.2) is 42.5 Å². The highest BCUT2D eigenvalue weighted by Gasteiger charge is 2.23. The quantitative estimate of drug-likeness (QED) is 0.662. The summed E-state index contributed by atoms with van der Waals surface area (Å²) in [5.74, 6) is 1.10. The Balaban J connectivity index is 1.28. The fraction of sp³-hybridized carbons (Fsp3) is 0.417. The molecule has 0 atom stereocenters. The molecule has 0 aliphatic carbocycles. The van der Waals surface area contributed by atoms with Crippen LogP contribution in [0.4, 0.5) is 0 Å². The second kappa shape index (κ2) is 11.2. The molecule has 0 bridgehead atoms. The molecule has 1 fully saturated rings. The molecule has 2 amide bonds. The number of piperidine rings is 1. The Morgan fingerprint density at radius 1 is 0.931 bits per heavy atom. The van der Waals surface area contributed by atoms with Gasteiger partial charge in [0, 0.05) is 32.0 Å². The molecule has 1 saturated heterocycles. The van der Waals surface area contributed by atoms with Crippen molar-refractivity contribution in [3.63, 3.8) is 0 Å². The normalized spacial score (nSPS) is 14.4. The van der Waals surface area contributed by atoms with Crippen molar-refractivity contribution in [1.82, 2.24) is 10.2 Å². The fourth-order valence-electron chi connectivity index (χ4n) is 3.57. The largest absolute Gasteiger partial charge is 0.494 e. The third-order valence-electron chi connectivity index (χ3n) is 5.24. The van der Waals surface area contributed by atoms with Gasteiger partial charge in [-0.3, -0.25) is 9.59 Å². The first-order chi connectivity index (χ1) is 14.2. The first-order valence-electron chi connectivity index (χ1n) is 10.5. The van der Waals surface area contributed by atoms with E-state index in [0.29, 0.717) is 25.9 Å². The first-order valence-corrected chi connectivity index (χ1v) is 10.5. The molecule has 0 aromatic heterocycles. The Bertz CT molecular complexity index is 756. The molecule has 29 heavy (non-hydrogen) atoms. The molecule has 1 heterocycles. The number of carbonyl (C=O) groups excluding carboxylic acids is 2. The predicted octanol–water partition coefficient (Wildman–Crippen LogP) is 3.59. The summed E-state index contributed by atoms with van der Waals surface area (Å²) in [6, 6.07) is 19.9. The summed E-state index contributed by atoms with van der Waals surface area (Å²) in [6.45, 7) is 1.97. The van der Waals surface area contributed by atoms with Crippen molar-refractivity contribution in [3.8, 4) is 5.75 Å². The lowest BCUT2D eigenvalue weighted by atomic mass is 10.0. The maximum Gasteiger partial charge on any atom is 0.222 e. The van der Waals surface area contributed by atoms with Crippen molar-refractivity contribution >= 4 is 11.8 Å². The highest BCUT2D eigenvalue weighted by Crippen LogP contribution is 2.14. The Morgan fingerprint density at radius 2 is 1.59 bits per heavy atom. The molecule has 0 saturated carbocycles. The number of nitrogens with one attached hydrogen (secondary N) is 1. The van der Waals surface area contributed by atoms with Crippen molar-refractivity contribution < 1.29 is 14.3 Å². The maximum atomic E-state index is 12.4. The number of hydrogen-bond donors (Lipinski definition) is 1. The lowest BCUT2D eigenvalue weighted by molar-refractivity contribution is -0.132. The van der Waals surface area contributed by atoms with Gasteiger partial charge in [0.2, 0.25) is 11.8 Å². The van der Waals surface area contributed by atoms with Gasteiger partial charge < -0.3 is 15.0 Å². The van der Waals surface area contributed by atoms with Crippen LogP contribution in [0.1, 0.15) is 37.7 Å². The number of ether oxygens (including phenoxy) is 1. The molecule has 0 radical (unpaired) electrons. The minimum atomic E-state index is 0.0653. The van der Waals surface area contributed by atoms with Gasteiger partial charge in [-0.05, 0) is 43.4 Å². The van der Waals surface area contributed by atoms with Crippen molar-refractivity contribution in [1.29, 1.82) is 0 Å². The lowest BCUT2D eigenvalue weighted by Crippen LogP contribution is -2.46. The summed E-state index contributed by atoms with van der Waals surface area (Å²) in [4.78, 5) is 26.5. The summed E-state index contributed by atoms with van der Waals surface area (Å²) < 4.78 is 5.62. The van der Waals surface area contributed by atoms with Crippen LogP contribution < -0.4 is 10.1 Å². The fourth-order valence-corrected chi connectivity index (χ4v) is 3.57. The van der Waals surface area contributed by atoms with E-state index in [1.165, 1.54) is 5.56 Å². The van der Waals surface area contributed by atoms with E-state index in [1.807, 2.05) is 53.4 Å². The summed E-state index contributed by atoms with van der Waals surface area (Å²) in [5.41, 5.74) is 1.19. The zero-order chi connectivity index (χ0) is 20.3. The van der Waals surface area contributed by atoms with Crippen LogP contribution in [0.15, 0.2) is 60.7 Å². The number of benzene rings is 2. The average Bonchev–Trinajstić information content (AvgIpc) is 2.77. The molecular weight excluding hydrogens is 364 g/mol. The highest BCUT2D eigenvalue weighted by atomic mass is 16.5. The second-order valence-corrected chi connectivity index (χ2v) is 7.47. The van der Waals surface area contributed by atoms with Crippen LogP contribution in [0.25, 0.3) is 0 Å². The number of likely N-dealkylation sites (tertiary alicyclic amines) is 1. The average molecular weight is 395 g/mol. The number of nitrogens with zero attached hydrogens (tertiary/aromatic N) is 1. The van der Waals surface area contributed by atoms with E-state index in [2.05, 4.69) is 17.4 Å². The SMILES string of the molecule is O=C(CCCOc1ccccc1)NC1CCN(C(=O)CCc2ccccc2)CC1. The number of aryl methyl sites for hydroxylation is 1. The Hall–Kier alpha value is -2.82. The third kappa shape index (κ3) is 7.26. The van der Waals surface area contributed by atoms with Gasteiger partial charge in [0.25, 0.3) is 0 Å². The third-order valence-corrected chi connectivity index (χ3v) is 5.24. The van der Waals surface area contributed by atoms with Crippen molar-refractivity contribution in [2.45, 2.75) is 44.6 Å². The molecular formula is C24H30N2O3. The van der Waals surface area contributed by atoms with Crippen molar-refractivity contribution in [3.05, 3.63) is 66.2 Å². The minimum absolute atomic E-state index is 0.0653. The zero-order valence-electron chi connectivity index (χ0n) is 16.9. The van der Waals surface area contributed by atoms with Crippen molar-refractivity contribution in [2.24, 2.45) is 0 Å². The molecule has 1 aliphatic rings. The number of hydrogen-bond acceptors (Lipinski definition) is 3. The standard InChI is InChI=1S/C24H30N2O3/c27-23(12-7-19-29-22-10-5-2-6-11-22)25-21-15-17-26(18-16-21)24(28)14-13-20-8-3-1-4-9-20/h1-6,8-11,21H,7,12-19H2,(H,25,27). The second-order valence-electron chi connectivity index (χ2n) is 7.47. The number of carbonyl (C=O) groups is 2. The van der Waals surface area contributed by atoms with E-state index in [-0.39, 0.29) is 17.9 Å². The van der Waals surface area contributed by atoms with Gasteiger partial charge in [0.15, 0.2) is 0 Å². The van der Waals surface area contributed by atoms with Crippen molar-refractivity contribution in [2.75, 3.05) is 19.7 Å². The van der Waals surface area contributed by atoms with E-state index in [4.69, 9.17) is 4.74 Å². The van der Waals surface area contributed by atoms with Gasteiger partial charge in [-0.25, -0.2) is 0 Å². The highest BCUT2D eigenvalue weighted by molar-refractivity contribution is 5.77. The van der Waals surface area contributed by atoms with Crippen LogP contribution in [0.2, 0.25) is 0 Å². The molecule has 5 heteroatoms. The van der Waals surface area contributed by atoms with Gasteiger partial charge in [-0.2, -0.15) is 0 Å². The molecule has 3 rings (SSSR count). The van der Waals surface area contributed by atoms with E-state index in [9.17, 15) is 9.59 Å². The monoisotopic (exact) mass is 394 g/mol. The van der Waals surface area contributed by atoms with Gasteiger partial charge in [0.05, 0.1) is 6.61 Å². The molecule has 5 nitrogen and oxygen atoms in total. The van der Waals surface area contributed by atoms with E-state index >= 15 is 0 Å². The number of amides is 2. The van der Waals surface area contributed by atoms with Crippen LogP contribution in [0.5, 0.6) is 5.75 Å². The lowest BCUT2D eigenvalue weighted by Gasteiger charge is -2.32. The van der Waals surface area contributed by atoms with Gasteiger partial charge in [-0.15, -0.1) is 0 Å². The molecule has 0 unspecified atom stereocenters. The minimum Gasteiger partial charge on any atom is -0.494 e. The Morgan fingerprint density at radius 3 is 2.28 bits per heavy atom. The zero-order valence-corrected chi connectivity index (χ0v) is 16.9. The molecule has 2 aromatic carbocycles. The number of para-hydroxylation sites is 1. The van der Waals surface area contributed by atoms with E-state index in [0.717, 1.165) is 38.1 Å². The van der Waals surface area contributed by atoms with Crippen LogP contribution in [0.3, 0.4) is 0 Å². The van der Waals surface area contributed by atoms with E-state index < -0.39 is 0 Å². The Labute approximate surface area is 173 Å². The van der Waals surface area contributed by atoms with Crippen LogP contribution in [-0.2, 0) is 16.0 Å².